The smallest absolute Gasteiger partial charge is 0.306 e. The van der Waals surface area contributed by atoms with E-state index in [2.05, 4.69) is 106 Å². The highest BCUT2D eigenvalue weighted by Crippen LogP contribution is 2.15. The van der Waals surface area contributed by atoms with Crippen LogP contribution < -0.4 is 0 Å². The predicted octanol–water partition coefficient (Wildman–Crippen LogP) is 19.2. The third-order valence-electron chi connectivity index (χ3n) is 12.2. The molecule has 0 heterocycles. The molecule has 0 radical (unpaired) electrons. The highest BCUT2D eigenvalue weighted by Gasteiger charge is 2.19. The fourth-order valence-electron chi connectivity index (χ4n) is 7.92. The second kappa shape index (κ2) is 56.2. The minimum absolute atomic E-state index is 0.0864. The third-order valence-corrected chi connectivity index (χ3v) is 12.2. The molecule has 0 aromatic carbocycles. The van der Waals surface area contributed by atoms with Gasteiger partial charge < -0.3 is 14.2 Å². The summed E-state index contributed by atoms with van der Waals surface area (Å²) in [6.07, 6.45) is 72.8. The molecule has 0 aromatic rings. The first-order valence-corrected chi connectivity index (χ1v) is 28.6. The largest absolute Gasteiger partial charge is 0.462 e. The first kappa shape index (κ1) is 64.6. The maximum Gasteiger partial charge on any atom is 0.306 e. The standard InChI is InChI=1S/C62H106O6/c1-4-7-10-13-16-19-22-25-28-30-31-32-35-37-40-43-46-49-52-55-61(64)67-58-59(57-66-60(63)54-51-48-45-42-39-36-33-27-24-21-18-15-12-9-6-3)68-62(65)56-53-50-47-44-41-38-34-29-26-23-20-17-14-11-8-5-2/h7,9-10,12,15-16,18-19,21,24-25,28-29,34,59H,4-6,8,11,13-14,17,20,22-23,26-27,30-33,35-58H2,1-3H3/b10-7-,12-9-,18-15-,19-16-,24-21-,28-25-,34-29-. The van der Waals surface area contributed by atoms with Crippen molar-refractivity contribution in [3.05, 3.63) is 85.1 Å². The van der Waals surface area contributed by atoms with Gasteiger partial charge in [-0.25, -0.2) is 0 Å². The van der Waals surface area contributed by atoms with E-state index < -0.39 is 6.10 Å². The minimum atomic E-state index is -0.789. The van der Waals surface area contributed by atoms with Crippen molar-refractivity contribution in [3.63, 3.8) is 0 Å². The van der Waals surface area contributed by atoms with Gasteiger partial charge in [0.25, 0.3) is 0 Å². The average molecular weight is 948 g/mol. The number of carbonyl (C=O) groups excluding carboxylic acids is 3. The van der Waals surface area contributed by atoms with Gasteiger partial charge in [0.1, 0.15) is 13.2 Å². The zero-order valence-electron chi connectivity index (χ0n) is 44.6. The van der Waals surface area contributed by atoms with Crippen LogP contribution in [0.3, 0.4) is 0 Å². The monoisotopic (exact) mass is 947 g/mol. The van der Waals surface area contributed by atoms with Crippen LogP contribution in [0.15, 0.2) is 85.1 Å². The number of hydrogen-bond donors (Lipinski definition) is 0. The summed E-state index contributed by atoms with van der Waals surface area (Å²) in [4.78, 5) is 38.2. The summed E-state index contributed by atoms with van der Waals surface area (Å²) in [5.74, 6) is -0.906. The number of ether oxygens (including phenoxy) is 3. The van der Waals surface area contributed by atoms with Crippen LogP contribution in [-0.2, 0) is 28.6 Å². The molecule has 0 aromatic heterocycles. The van der Waals surface area contributed by atoms with Crippen LogP contribution in [0.4, 0.5) is 0 Å². The zero-order valence-corrected chi connectivity index (χ0v) is 44.6. The topological polar surface area (TPSA) is 78.9 Å². The van der Waals surface area contributed by atoms with Gasteiger partial charge in [-0.05, 0) is 96.3 Å². The second-order valence-corrected chi connectivity index (χ2v) is 18.8. The molecule has 390 valence electrons. The van der Waals surface area contributed by atoms with E-state index in [1.54, 1.807) is 0 Å². The Morgan fingerprint density at radius 3 is 1.07 bits per heavy atom. The van der Waals surface area contributed by atoms with Crippen molar-refractivity contribution in [1.82, 2.24) is 0 Å². The Morgan fingerprint density at radius 2 is 0.647 bits per heavy atom. The molecule has 0 amide bonds. The Labute approximate surface area is 420 Å². The van der Waals surface area contributed by atoms with Crippen molar-refractivity contribution in [1.29, 1.82) is 0 Å². The normalized spacial score (nSPS) is 12.7. The predicted molar refractivity (Wildman–Crippen MR) is 293 cm³/mol. The van der Waals surface area contributed by atoms with Gasteiger partial charge in [-0.15, -0.1) is 0 Å². The molecular weight excluding hydrogens is 841 g/mol. The third kappa shape index (κ3) is 53.5. The molecule has 0 aliphatic carbocycles. The Bertz CT molecular complexity index is 1320. The molecule has 0 bridgehead atoms. The van der Waals surface area contributed by atoms with Crippen LogP contribution in [0.5, 0.6) is 0 Å². The lowest BCUT2D eigenvalue weighted by Crippen LogP contribution is -2.30. The molecular formula is C62H106O6. The van der Waals surface area contributed by atoms with Crippen LogP contribution in [0, 0.1) is 0 Å². The molecule has 0 aliphatic rings. The van der Waals surface area contributed by atoms with Crippen LogP contribution in [-0.4, -0.2) is 37.2 Å². The molecule has 68 heavy (non-hydrogen) atoms. The maximum atomic E-state index is 12.9. The number of rotatable bonds is 51. The number of unbranched alkanes of at least 4 members (excludes halogenated alkanes) is 28. The van der Waals surface area contributed by atoms with E-state index in [0.717, 1.165) is 103 Å². The highest BCUT2D eigenvalue weighted by atomic mass is 16.6. The number of allylic oxidation sites excluding steroid dienone is 14. The molecule has 0 N–H and O–H groups in total. The summed E-state index contributed by atoms with van der Waals surface area (Å²) >= 11 is 0. The van der Waals surface area contributed by atoms with Crippen LogP contribution in [0.2, 0.25) is 0 Å². The lowest BCUT2D eigenvalue weighted by molar-refractivity contribution is -0.167. The van der Waals surface area contributed by atoms with Crippen molar-refractivity contribution >= 4 is 17.9 Å². The summed E-state index contributed by atoms with van der Waals surface area (Å²) < 4.78 is 16.9. The van der Waals surface area contributed by atoms with Crippen molar-refractivity contribution in [3.8, 4) is 0 Å². The van der Waals surface area contributed by atoms with Gasteiger partial charge in [-0.1, -0.05) is 241 Å². The Kier molecular flexibility index (Phi) is 53.4. The molecule has 6 nitrogen and oxygen atoms in total. The van der Waals surface area contributed by atoms with Crippen LogP contribution in [0.1, 0.15) is 271 Å². The molecule has 0 rings (SSSR count). The fraction of sp³-hybridized carbons (Fsp3) is 0.726. The van der Waals surface area contributed by atoms with Gasteiger partial charge in [-0.3, -0.25) is 14.4 Å². The van der Waals surface area contributed by atoms with Crippen LogP contribution >= 0.6 is 0 Å². The number of esters is 3. The number of hydrogen-bond acceptors (Lipinski definition) is 6. The van der Waals surface area contributed by atoms with E-state index in [1.165, 1.54) is 128 Å². The summed E-state index contributed by atoms with van der Waals surface area (Å²) in [5, 5.41) is 0. The highest BCUT2D eigenvalue weighted by molar-refractivity contribution is 5.71. The summed E-state index contributed by atoms with van der Waals surface area (Å²) in [6, 6.07) is 0. The SMILES string of the molecule is CC\C=C/C=C\C=C/CCCCCCCCCC(=O)OCC(COC(=O)CCCCCCCCCCC/C=C\C/C=C\C/C=C\CC)OC(=O)CCCCCCC/C=C\CCCCCCCCC. The van der Waals surface area contributed by atoms with Crippen molar-refractivity contribution < 1.29 is 28.6 Å². The Morgan fingerprint density at radius 1 is 0.324 bits per heavy atom. The van der Waals surface area contributed by atoms with Gasteiger partial charge in [0.05, 0.1) is 0 Å². The molecule has 0 spiro atoms. The summed E-state index contributed by atoms with van der Waals surface area (Å²) in [7, 11) is 0. The number of carbonyl (C=O) groups is 3. The molecule has 0 saturated heterocycles. The van der Waals surface area contributed by atoms with E-state index in [1.807, 2.05) is 0 Å². The second-order valence-electron chi connectivity index (χ2n) is 18.8. The Balaban J connectivity index is 4.40. The lowest BCUT2D eigenvalue weighted by Gasteiger charge is -2.18. The first-order chi connectivity index (χ1) is 33.5. The zero-order chi connectivity index (χ0) is 49.3. The van der Waals surface area contributed by atoms with Gasteiger partial charge >= 0.3 is 17.9 Å². The molecule has 0 saturated carbocycles. The van der Waals surface area contributed by atoms with E-state index in [0.29, 0.717) is 19.3 Å². The van der Waals surface area contributed by atoms with Gasteiger partial charge in [-0.2, -0.15) is 0 Å². The van der Waals surface area contributed by atoms with Gasteiger partial charge in [0, 0.05) is 19.3 Å². The van der Waals surface area contributed by atoms with E-state index in [4.69, 9.17) is 14.2 Å². The van der Waals surface area contributed by atoms with Crippen molar-refractivity contribution in [2.24, 2.45) is 0 Å². The first-order valence-electron chi connectivity index (χ1n) is 28.6. The van der Waals surface area contributed by atoms with Gasteiger partial charge in [0.15, 0.2) is 6.10 Å². The van der Waals surface area contributed by atoms with Crippen molar-refractivity contribution in [2.75, 3.05) is 13.2 Å². The molecule has 0 fully saturated rings. The fourth-order valence-corrected chi connectivity index (χ4v) is 7.92. The van der Waals surface area contributed by atoms with Crippen LogP contribution in [0.25, 0.3) is 0 Å². The van der Waals surface area contributed by atoms with E-state index in [-0.39, 0.29) is 31.1 Å². The molecule has 6 heteroatoms. The van der Waals surface area contributed by atoms with E-state index in [9.17, 15) is 14.4 Å². The quantitative estimate of drug-likeness (QED) is 0.0199. The summed E-state index contributed by atoms with van der Waals surface area (Å²) in [5.41, 5.74) is 0. The molecule has 1 atom stereocenters. The minimum Gasteiger partial charge on any atom is -0.462 e. The van der Waals surface area contributed by atoms with E-state index >= 15 is 0 Å². The van der Waals surface area contributed by atoms with Gasteiger partial charge in [0.2, 0.25) is 0 Å². The van der Waals surface area contributed by atoms with Crippen molar-refractivity contribution in [2.45, 2.75) is 277 Å². The lowest BCUT2D eigenvalue weighted by atomic mass is 10.1. The summed E-state index contributed by atoms with van der Waals surface area (Å²) in [6.45, 7) is 6.39. The maximum absolute atomic E-state index is 12.9. The molecule has 0 aliphatic heterocycles. The molecule has 1 unspecified atom stereocenters. The average Bonchev–Trinajstić information content (AvgIpc) is 3.34. The Hall–Kier alpha value is -3.41.